The molecule has 2 rings (SSSR count). The SMILES string of the molecule is CC/C=C\C/C=C\C/C=C\C/C=C\C=C/C(O)C/C=C\CCC(=O)O[C@H](COC(=O)CCC/C=C\C/C=C\C/C=C\CCCCCCCC)COP(=O)(O)OP(=O)(O)OC[C@H]1O[C@@H](n2ccc(N)nc2=O)[C@H](O)[C@@H]1O. The van der Waals surface area contributed by atoms with Gasteiger partial charge in [-0.3, -0.25) is 23.2 Å². The van der Waals surface area contributed by atoms with E-state index in [-0.39, 0.29) is 31.5 Å². The average Bonchev–Trinajstić information content (AvgIpc) is 3.64. The fourth-order valence-corrected chi connectivity index (χ4v) is 9.02. The second-order valence-corrected chi connectivity index (χ2v) is 20.5. The van der Waals surface area contributed by atoms with Crippen molar-refractivity contribution in [2.45, 2.75) is 173 Å². The van der Waals surface area contributed by atoms with Crippen LogP contribution in [-0.2, 0) is 46.3 Å². The summed E-state index contributed by atoms with van der Waals surface area (Å²) in [5, 5.41) is 31.2. The molecule has 0 spiro atoms. The average molecular weight is 1090 g/mol. The van der Waals surface area contributed by atoms with Gasteiger partial charge in [-0.05, 0) is 83.1 Å². The molecule has 2 heterocycles. The minimum absolute atomic E-state index is 0.0117. The van der Waals surface area contributed by atoms with E-state index in [0.29, 0.717) is 12.8 Å². The summed E-state index contributed by atoms with van der Waals surface area (Å²) in [4.78, 5) is 61.9. The van der Waals surface area contributed by atoms with Crippen LogP contribution in [0.4, 0.5) is 5.82 Å². The van der Waals surface area contributed by atoms with Crippen LogP contribution in [0.15, 0.2) is 126 Å². The molecule has 0 radical (unpaired) electrons. The first kappa shape index (κ1) is 66.5. The molecule has 7 N–H and O–H groups in total. The van der Waals surface area contributed by atoms with Crippen LogP contribution in [0.1, 0.15) is 142 Å². The van der Waals surface area contributed by atoms with Gasteiger partial charge in [0, 0.05) is 19.0 Å². The number of nitrogens with zero attached hydrogens (tertiary/aromatic N) is 2. The Labute approximate surface area is 443 Å². The van der Waals surface area contributed by atoms with Crippen LogP contribution in [0.2, 0.25) is 0 Å². The maximum absolute atomic E-state index is 12.9. The van der Waals surface area contributed by atoms with Crippen LogP contribution < -0.4 is 11.4 Å². The zero-order chi connectivity index (χ0) is 55.0. The Bertz CT molecular complexity index is 2200. The largest absolute Gasteiger partial charge is 0.481 e. The maximum Gasteiger partial charge on any atom is 0.481 e. The van der Waals surface area contributed by atoms with Gasteiger partial charge in [-0.1, -0.05) is 155 Å². The van der Waals surface area contributed by atoms with Crippen LogP contribution in [0, 0.1) is 0 Å². The lowest BCUT2D eigenvalue weighted by Crippen LogP contribution is -2.36. The van der Waals surface area contributed by atoms with Crippen molar-refractivity contribution in [2.75, 3.05) is 25.6 Å². The topological polar surface area (TPSA) is 286 Å². The summed E-state index contributed by atoms with van der Waals surface area (Å²) in [6.45, 7) is 1.80. The molecule has 1 saturated heterocycles. The summed E-state index contributed by atoms with van der Waals surface area (Å²) >= 11 is 0. The van der Waals surface area contributed by atoms with E-state index in [4.69, 9.17) is 29.0 Å². The van der Waals surface area contributed by atoms with Gasteiger partial charge in [0.1, 0.15) is 30.7 Å². The first-order valence-corrected chi connectivity index (χ1v) is 29.0. The van der Waals surface area contributed by atoms with Crippen LogP contribution >= 0.6 is 15.6 Å². The highest BCUT2D eigenvalue weighted by atomic mass is 31.3. The zero-order valence-electron chi connectivity index (χ0n) is 43.7. The van der Waals surface area contributed by atoms with Gasteiger partial charge in [0.05, 0.1) is 19.3 Å². The molecule has 8 atom stereocenters. The molecule has 1 fully saturated rings. The first-order valence-electron chi connectivity index (χ1n) is 26.0. The van der Waals surface area contributed by atoms with Gasteiger partial charge in [-0.25, -0.2) is 13.9 Å². The molecular weight excluding hydrogens is 1010 g/mol. The van der Waals surface area contributed by atoms with E-state index >= 15 is 0 Å². The zero-order valence-corrected chi connectivity index (χ0v) is 45.4. The molecule has 1 aromatic heterocycles. The number of aliphatic hydroxyl groups is 3. The summed E-state index contributed by atoms with van der Waals surface area (Å²) in [5.74, 6) is -1.56. The number of anilines is 1. The Hall–Kier alpha value is -4.62. The summed E-state index contributed by atoms with van der Waals surface area (Å²) in [6.07, 6.45) is 43.5. The van der Waals surface area contributed by atoms with Gasteiger partial charge in [-0.2, -0.15) is 9.29 Å². The third kappa shape index (κ3) is 33.2. The summed E-state index contributed by atoms with van der Waals surface area (Å²) in [7, 11) is -11.0. The quantitative estimate of drug-likeness (QED) is 0.0117. The molecule has 0 aliphatic carbocycles. The third-order valence-corrected chi connectivity index (χ3v) is 13.5. The minimum Gasteiger partial charge on any atom is -0.462 e. The van der Waals surface area contributed by atoms with E-state index in [9.17, 15) is 48.6 Å². The fraction of sp³-hybridized carbons (Fsp3) is 0.556. The van der Waals surface area contributed by atoms with Crippen LogP contribution in [0.5, 0.6) is 0 Å². The molecule has 0 bridgehead atoms. The van der Waals surface area contributed by atoms with Crippen LogP contribution in [-0.4, -0.2) is 96.9 Å². The Balaban J connectivity index is 1.88. The maximum atomic E-state index is 12.9. The monoisotopic (exact) mass is 1090 g/mol. The summed E-state index contributed by atoms with van der Waals surface area (Å²) in [5.41, 5.74) is 4.57. The number of unbranched alkanes of at least 4 members (excludes halogenated alkanes) is 7. The van der Waals surface area contributed by atoms with Gasteiger partial charge < -0.3 is 45.1 Å². The molecule has 75 heavy (non-hydrogen) atoms. The number of aliphatic hydroxyl groups excluding tert-OH is 3. The van der Waals surface area contributed by atoms with Gasteiger partial charge in [0.25, 0.3) is 0 Å². The highest BCUT2D eigenvalue weighted by Gasteiger charge is 2.46. The number of phosphoric acid groups is 2. The lowest BCUT2D eigenvalue weighted by atomic mass is 10.1. The first-order chi connectivity index (χ1) is 36.1. The van der Waals surface area contributed by atoms with E-state index in [2.05, 4.69) is 83.9 Å². The molecule has 21 heteroatoms. The third-order valence-electron chi connectivity index (χ3n) is 10.9. The molecule has 0 amide bonds. The standard InChI is InChI=1S/C54H83N3O16P2/c1-3-5-7-9-11-13-15-17-18-19-20-22-24-26-28-30-34-38-49(59)68-42-46(71-50(60)39-35-31-33-37-45(58)36-32-29-27-25-23-21-16-14-12-10-8-6-4-2)43-69-74(64,65)73-75(66,67)70-44-47-51(61)52(62)53(72-47)57-41-40-48(55)56-54(57)63/h6,8,12,14,17-18,20-23,26-29,31-33,36,40-41,45-47,51-53,58,61-62H,3-5,7,9-11,13,15-16,19,24-25,30,34-35,37-39,42-44H2,1-2H3,(H,64,65)(H,66,67)(H2,55,56,63)/b8-6-,14-12-,18-17-,22-20-,23-21-,28-26-,29-27-,33-31-,36-32-/t45?,46-,47-,51-,52-,53-/m1/s1. The molecule has 420 valence electrons. The van der Waals surface area contributed by atoms with E-state index < -0.39 is 89.8 Å². The van der Waals surface area contributed by atoms with Gasteiger partial charge in [-0.15, -0.1) is 0 Å². The van der Waals surface area contributed by atoms with Crippen molar-refractivity contribution in [1.29, 1.82) is 0 Å². The minimum atomic E-state index is -5.49. The summed E-state index contributed by atoms with van der Waals surface area (Å²) in [6, 6.07) is 1.23. The number of rotatable bonds is 41. The Morgan fingerprint density at radius 2 is 1.31 bits per heavy atom. The predicted octanol–water partition coefficient (Wildman–Crippen LogP) is 9.97. The highest BCUT2D eigenvalue weighted by molar-refractivity contribution is 7.61. The molecule has 0 aromatic carbocycles. The van der Waals surface area contributed by atoms with Gasteiger partial charge in [0.2, 0.25) is 0 Å². The Morgan fingerprint density at radius 3 is 1.96 bits per heavy atom. The number of nitrogen functional groups attached to an aromatic ring is 1. The lowest BCUT2D eigenvalue weighted by Gasteiger charge is -2.21. The number of carbonyl (C=O) groups is 2. The van der Waals surface area contributed by atoms with E-state index in [1.165, 1.54) is 44.6 Å². The van der Waals surface area contributed by atoms with Crippen molar-refractivity contribution in [2.24, 2.45) is 0 Å². The van der Waals surface area contributed by atoms with Gasteiger partial charge in [0.15, 0.2) is 12.3 Å². The van der Waals surface area contributed by atoms with Crippen molar-refractivity contribution in [3.05, 3.63) is 132 Å². The second kappa shape index (κ2) is 40.6. The number of phosphoric ester groups is 2. The van der Waals surface area contributed by atoms with E-state index in [1.807, 2.05) is 24.3 Å². The number of carbonyl (C=O) groups excluding carboxylic acids is 2. The number of hydrogen-bond acceptors (Lipinski definition) is 16. The lowest BCUT2D eigenvalue weighted by molar-refractivity contribution is -0.161. The van der Waals surface area contributed by atoms with Crippen LogP contribution in [0.25, 0.3) is 0 Å². The van der Waals surface area contributed by atoms with E-state index in [0.717, 1.165) is 55.7 Å². The molecule has 1 aromatic rings. The summed E-state index contributed by atoms with van der Waals surface area (Å²) < 4.78 is 56.6. The van der Waals surface area contributed by atoms with Crippen molar-refractivity contribution in [1.82, 2.24) is 9.55 Å². The molecular formula is C54H83N3O16P2. The molecule has 1 aliphatic heterocycles. The molecule has 3 unspecified atom stereocenters. The number of aromatic nitrogens is 2. The van der Waals surface area contributed by atoms with Crippen molar-refractivity contribution < 1.29 is 71.4 Å². The number of hydrogen-bond donors (Lipinski definition) is 6. The molecule has 1 aliphatic rings. The number of allylic oxidation sites excluding steroid dienone is 16. The number of ether oxygens (including phenoxy) is 3. The number of nitrogens with two attached hydrogens (primary N) is 1. The van der Waals surface area contributed by atoms with E-state index in [1.54, 1.807) is 24.3 Å². The Kier molecular flexibility index (Phi) is 36.0. The molecule has 19 nitrogen and oxygen atoms in total. The van der Waals surface area contributed by atoms with Crippen molar-refractivity contribution in [3.8, 4) is 0 Å². The van der Waals surface area contributed by atoms with Crippen molar-refractivity contribution in [3.63, 3.8) is 0 Å². The Morgan fingerprint density at radius 1 is 0.720 bits per heavy atom. The fourth-order valence-electron chi connectivity index (χ4n) is 6.91. The number of esters is 2. The second-order valence-electron chi connectivity index (χ2n) is 17.5. The smallest absolute Gasteiger partial charge is 0.462 e. The highest BCUT2D eigenvalue weighted by Crippen LogP contribution is 2.60. The van der Waals surface area contributed by atoms with Crippen LogP contribution in [0.3, 0.4) is 0 Å². The normalized spacial score (nSPS) is 20.1. The predicted molar refractivity (Wildman–Crippen MR) is 290 cm³/mol. The molecule has 0 saturated carbocycles. The van der Waals surface area contributed by atoms with Crippen molar-refractivity contribution >= 4 is 33.4 Å². The van der Waals surface area contributed by atoms with Gasteiger partial charge >= 0.3 is 33.3 Å².